The van der Waals surface area contributed by atoms with E-state index in [2.05, 4.69) is 44.6 Å². The van der Waals surface area contributed by atoms with E-state index in [9.17, 15) is 24.5 Å². The third-order valence-corrected chi connectivity index (χ3v) is 6.12. The van der Waals surface area contributed by atoms with Crippen molar-refractivity contribution in [2.45, 2.75) is 25.8 Å². The van der Waals surface area contributed by atoms with Crippen LogP contribution in [0.15, 0.2) is 71.3 Å². The summed E-state index contributed by atoms with van der Waals surface area (Å²) in [7, 11) is 0. The first-order valence-corrected chi connectivity index (χ1v) is 12.5. The molecule has 4 rings (SSSR count). The van der Waals surface area contributed by atoms with Gasteiger partial charge in [-0.05, 0) is 49.9 Å². The Morgan fingerprint density at radius 3 is 2.27 bits per heavy atom. The predicted octanol–water partition coefficient (Wildman–Crippen LogP) is 3.39. The third kappa shape index (κ3) is 9.44. The lowest BCUT2D eigenvalue weighted by molar-refractivity contribution is -0.384. The Labute approximate surface area is 229 Å². The fraction of sp³-hybridized carbons (Fsp3) is 0.296. The normalized spacial score (nSPS) is 13.8. The molecule has 0 aliphatic carbocycles. The van der Waals surface area contributed by atoms with E-state index in [1.807, 2.05) is 6.07 Å². The van der Waals surface area contributed by atoms with Gasteiger partial charge < -0.3 is 20.1 Å². The van der Waals surface area contributed by atoms with E-state index in [0.717, 1.165) is 38.9 Å². The molecule has 1 aromatic heterocycles. The zero-order chi connectivity index (χ0) is 28.9. The number of piperidine rings is 1. The minimum absolute atomic E-state index is 0.0479. The summed E-state index contributed by atoms with van der Waals surface area (Å²) in [5.41, 5.74) is 1.37. The molecule has 210 valence electrons. The van der Waals surface area contributed by atoms with Crippen LogP contribution in [0.2, 0.25) is 0 Å². The lowest BCUT2D eigenvalue weighted by atomic mass is 9.93. The molecule has 13 heteroatoms. The van der Waals surface area contributed by atoms with Crippen LogP contribution in [-0.4, -0.2) is 67.7 Å². The second-order valence-electron chi connectivity index (χ2n) is 8.96. The van der Waals surface area contributed by atoms with Gasteiger partial charge in [0.15, 0.2) is 0 Å². The second-order valence-corrected chi connectivity index (χ2v) is 8.96. The van der Waals surface area contributed by atoms with E-state index in [1.54, 1.807) is 12.1 Å². The molecule has 0 spiro atoms. The average molecular weight is 552 g/mol. The molecule has 2 heterocycles. The number of rotatable bonds is 10. The molecular formula is C27H29N5O8. The second kappa shape index (κ2) is 14.9. The number of carbonyl (C=O) groups excluding carboxylic acids is 1. The van der Waals surface area contributed by atoms with Crippen molar-refractivity contribution in [2.75, 3.05) is 19.6 Å². The van der Waals surface area contributed by atoms with Gasteiger partial charge in [-0.3, -0.25) is 19.8 Å². The number of hydrogen-bond donors (Lipinski definition) is 3. The smallest absolute Gasteiger partial charge is 0.328 e. The van der Waals surface area contributed by atoms with Gasteiger partial charge in [0.1, 0.15) is 5.56 Å². The van der Waals surface area contributed by atoms with Gasteiger partial charge in [-0.1, -0.05) is 47.6 Å². The molecule has 0 unspecified atom stereocenters. The molecule has 0 radical (unpaired) electrons. The number of amides is 1. The number of carbonyl (C=O) groups is 3. The van der Waals surface area contributed by atoms with E-state index >= 15 is 0 Å². The molecule has 0 saturated carbocycles. The molecule has 1 fully saturated rings. The zero-order valence-electron chi connectivity index (χ0n) is 21.5. The molecule has 3 N–H and O–H groups in total. The first kappa shape index (κ1) is 29.6. The van der Waals surface area contributed by atoms with Crippen molar-refractivity contribution in [2.24, 2.45) is 5.92 Å². The number of nitro benzene ring substituents is 1. The molecular weight excluding hydrogens is 522 g/mol. The minimum atomic E-state index is -1.26. The maximum absolute atomic E-state index is 12.4. The average Bonchev–Trinajstić information content (AvgIpc) is 3.44. The summed E-state index contributed by atoms with van der Waals surface area (Å²) in [4.78, 5) is 48.6. The first-order chi connectivity index (χ1) is 19.2. The van der Waals surface area contributed by atoms with Gasteiger partial charge in [0.25, 0.3) is 23.3 Å². The number of para-hydroxylation sites is 1. The van der Waals surface area contributed by atoms with Gasteiger partial charge in [-0.15, -0.1) is 0 Å². The number of aliphatic carboxylic acids is 2. The van der Waals surface area contributed by atoms with Crippen LogP contribution in [0.3, 0.4) is 0 Å². The molecule has 40 heavy (non-hydrogen) atoms. The summed E-state index contributed by atoms with van der Waals surface area (Å²) in [6.07, 6.45) is 4.21. The van der Waals surface area contributed by atoms with Crippen LogP contribution in [0.4, 0.5) is 5.69 Å². The monoisotopic (exact) mass is 551 g/mol. The Bertz CT molecular complexity index is 1320. The molecule has 1 aliphatic heterocycles. The van der Waals surface area contributed by atoms with Gasteiger partial charge in [0, 0.05) is 31.3 Å². The topological polar surface area (TPSA) is 189 Å². The predicted molar refractivity (Wildman–Crippen MR) is 142 cm³/mol. The van der Waals surface area contributed by atoms with E-state index in [0.29, 0.717) is 24.6 Å². The summed E-state index contributed by atoms with van der Waals surface area (Å²) in [6, 6.07) is 16.5. The number of carboxylic acid groups (broad SMARTS) is 2. The van der Waals surface area contributed by atoms with E-state index < -0.39 is 22.8 Å². The van der Waals surface area contributed by atoms with E-state index in [4.69, 9.17) is 14.7 Å². The van der Waals surface area contributed by atoms with Crippen LogP contribution in [0.25, 0.3) is 11.5 Å². The summed E-state index contributed by atoms with van der Waals surface area (Å²) >= 11 is 0. The molecule has 1 amide bonds. The van der Waals surface area contributed by atoms with Gasteiger partial charge in [0.05, 0.1) is 4.92 Å². The Balaban J connectivity index is 0.000000482. The van der Waals surface area contributed by atoms with Crippen LogP contribution >= 0.6 is 0 Å². The molecule has 1 saturated heterocycles. The third-order valence-electron chi connectivity index (χ3n) is 6.12. The SMILES string of the molecule is O=C(NCCC1CCN(Cc2ccccc2)CC1)c1noc(-c2ccccc2[N+](=O)[O-])n1.O=C(O)C=CC(=O)O. The van der Waals surface area contributed by atoms with Crippen molar-refractivity contribution in [3.8, 4) is 11.5 Å². The van der Waals surface area contributed by atoms with Gasteiger partial charge in [-0.25, -0.2) is 9.59 Å². The van der Waals surface area contributed by atoms with Crippen LogP contribution in [-0.2, 0) is 16.1 Å². The Kier molecular flexibility index (Phi) is 11.0. The number of hydrogen-bond acceptors (Lipinski definition) is 9. The number of benzene rings is 2. The number of likely N-dealkylation sites (tertiary alicyclic amines) is 1. The van der Waals surface area contributed by atoms with Gasteiger partial charge >= 0.3 is 11.9 Å². The fourth-order valence-corrected chi connectivity index (χ4v) is 4.13. The quantitative estimate of drug-likeness (QED) is 0.190. The maximum atomic E-state index is 12.4. The van der Waals surface area contributed by atoms with Crippen LogP contribution in [0, 0.1) is 16.0 Å². The molecule has 0 atom stereocenters. The molecule has 1 aliphatic rings. The van der Waals surface area contributed by atoms with Crippen molar-refractivity contribution in [1.29, 1.82) is 0 Å². The fourth-order valence-electron chi connectivity index (χ4n) is 4.13. The number of aromatic nitrogens is 2. The van der Waals surface area contributed by atoms with Crippen LogP contribution in [0.5, 0.6) is 0 Å². The molecule has 3 aromatic rings. The van der Waals surface area contributed by atoms with E-state index in [-0.39, 0.29) is 23.0 Å². The summed E-state index contributed by atoms with van der Waals surface area (Å²) in [5, 5.41) is 33.3. The maximum Gasteiger partial charge on any atom is 0.328 e. The minimum Gasteiger partial charge on any atom is -0.478 e. The van der Waals surface area contributed by atoms with Crippen LogP contribution < -0.4 is 5.32 Å². The summed E-state index contributed by atoms with van der Waals surface area (Å²) in [5.74, 6) is -2.57. The number of carboxylic acids is 2. The zero-order valence-corrected chi connectivity index (χ0v) is 21.5. The van der Waals surface area contributed by atoms with Crippen molar-refractivity contribution >= 4 is 23.5 Å². The Morgan fingerprint density at radius 2 is 1.65 bits per heavy atom. The summed E-state index contributed by atoms with van der Waals surface area (Å²) < 4.78 is 5.09. The highest BCUT2D eigenvalue weighted by Gasteiger charge is 2.23. The van der Waals surface area contributed by atoms with Crippen molar-refractivity contribution in [1.82, 2.24) is 20.4 Å². The summed E-state index contributed by atoms with van der Waals surface area (Å²) in [6.45, 7) is 3.61. The van der Waals surface area contributed by atoms with Crippen molar-refractivity contribution in [3.63, 3.8) is 0 Å². The molecule has 0 bridgehead atoms. The highest BCUT2D eigenvalue weighted by Crippen LogP contribution is 2.28. The standard InChI is InChI=1S/C23H25N5O4.C4H4O4/c29-22(21-25-23(32-26-21)19-8-4-5-9-20(19)28(30)31)24-13-10-17-11-14-27(15-12-17)16-18-6-2-1-3-7-18;5-3(6)1-2-4(7)8/h1-9,17H,10-16H2,(H,24,29);1-2H,(H,5,6)(H,7,8). The van der Waals surface area contributed by atoms with E-state index in [1.165, 1.54) is 17.7 Å². The first-order valence-electron chi connectivity index (χ1n) is 12.5. The lowest BCUT2D eigenvalue weighted by Crippen LogP contribution is -2.35. The van der Waals surface area contributed by atoms with Crippen molar-refractivity contribution in [3.05, 3.63) is 88.3 Å². The highest BCUT2D eigenvalue weighted by atomic mass is 16.6. The van der Waals surface area contributed by atoms with Gasteiger partial charge in [-0.2, -0.15) is 4.98 Å². The van der Waals surface area contributed by atoms with Crippen molar-refractivity contribution < 1.29 is 34.0 Å². The number of nitrogens with one attached hydrogen (secondary N) is 1. The molecule has 2 aromatic carbocycles. The highest BCUT2D eigenvalue weighted by molar-refractivity contribution is 5.91. The number of nitrogens with zero attached hydrogens (tertiary/aromatic N) is 4. The Morgan fingerprint density at radius 1 is 1.02 bits per heavy atom. The van der Waals surface area contributed by atoms with Gasteiger partial charge in [0.2, 0.25) is 0 Å². The Hall–Kier alpha value is -4.91. The largest absolute Gasteiger partial charge is 0.478 e. The number of nitro groups is 1. The van der Waals surface area contributed by atoms with Crippen LogP contribution in [0.1, 0.15) is 35.4 Å². The molecule has 13 nitrogen and oxygen atoms in total. The lowest BCUT2D eigenvalue weighted by Gasteiger charge is -2.32.